The molecule has 0 aliphatic carbocycles. The standard InChI is InChI=1S/C28H50N2O8/c1-9-12-35-23-13-18(3)29-26(32)20(5)25(31)28(6,34)16-36-27(33)17(2)10-11-22(23)38-24-15-21(30(7)8)14-19(4)37-24/h9,17-25,31,34H,1,10-16H2,2-8H3,(H,29,32)/t17?,18-,19?,20?,21?,22-,23?,24?,25?,28-/m1/s1. The van der Waals surface area contributed by atoms with E-state index in [1.807, 2.05) is 27.9 Å². The molecule has 2 heterocycles. The van der Waals surface area contributed by atoms with Gasteiger partial charge in [0.2, 0.25) is 5.91 Å². The van der Waals surface area contributed by atoms with Crippen LogP contribution in [0.25, 0.3) is 0 Å². The van der Waals surface area contributed by atoms with Crippen LogP contribution in [0.1, 0.15) is 66.7 Å². The molecule has 0 radical (unpaired) electrons. The highest BCUT2D eigenvalue weighted by Gasteiger charge is 2.40. The molecule has 2 aliphatic heterocycles. The smallest absolute Gasteiger partial charge is 0.308 e. The second kappa shape index (κ2) is 14.7. The van der Waals surface area contributed by atoms with Gasteiger partial charge in [0.15, 0.2) is 6.29 Å². The zero-order chi connectivity index (χ0) is 28.6. The molecule has 2 aliphatic rings. The Morgan fingerprint density at radius 1 is 1.13 bits per heavy atom. The van der Waals surface area contributed by atoms with Crippen LogP contribution in [0.2, 0.25) is 0 Å². The fraction of sp³-hybridized carbons (Fsp3) is 0.857. The van der Waals surface area contributed by atoms with Crippen LogP contribution in [0, 0.1) is 11.8 Å². The minimum Gasteiger partial charge on any atom is -0.462 e. The Morgan fingerprint density at radius 2 is 1.82 bits per heavy atom. The van der Waals surface area contributed by atoms with E-state index in [4.69, 9.17) is 18.9 Å². The number of aliphatic hydroxyl groups excluding tert-OH is 1. The molecular weight excluding hydrogens is 492 g/mol. The van der Waals surface area contributed by atoms with E-state index in [0.717, 1.165) is 6.42 Å². The number of aliphatic hydroxyl groups is 2. The van der Waals surface area contributed by atoms with Crippen LogP contribution < -0.4 is 5.32 Å². The Labute approximate surface area is 228 Å². The van der Waals surface area contributed by atoms with E-state index in [9.17, 15) is 19.8 Å². The highest BCUT2D eigenvalue weighted by molar-refractivity contribution is 5.79. The maximum absolute atomic E-state index is 12.9. The Balaban J connectivity index is 2.32. The molecule has 2 saturated heterocycles. The summed E-state index contributed by atoms with van der Waals surface area (Å²) in [7, 11) is 4.10. The predicted octanol–water partition coefficient (Wildman–Crippen LogP) is 2.01. The SMILES string of the molecule is C=CCOC1C[C@@H](C)NC(=O)C(C)C(O)[C@](C)(O)COC(=O)C(C)CC[C@H]1OC1CC(N(C)C)CC(C)O1. The zero-order valence-corrected chi connectivity index (χ0v) is 24.2. The number of amides is 1. The van der Waals surface area contributed by atoms with Gasteiger partial charge in [-0.3, -0.25) is 9.59 Å². The van der Waals surface area contributed by atoms with Gasteiger partial charge in [-0.25, -0.2) is 0 Å². The number of hydrogen-bond acceptors (Lipinski definition) is 9. The van der Waals surface area contributed by atoms with Gasteiger partial charge in [0.05, 0.1) is 42.9 Å². The molecule has 38 heavy (non-hydrogen) atoms. The highest BCUT2D eigenvalue weighted by atomic mass is 16.7. The summed E-state index contributed by atoms with van der Waals surface area (Å²) in [5.41, 5.74) is -1.78. The second-order valence-electron chi connectivity index (χ2n) is 11.6. The van der Waals surface area contributed by atoms with Crippen molar-refractivity contribution >= 4 is 11.9 Å². The molecule has 7 unspecified atom stereocenters. The summed E-state index contributed by atoms with van der Waals surface area (Å²) in [6.45, 7) is 12.2. The minimum absolute atomic E-state index is 0.0313. The number of hydrogen-bond donors (Lipinski definition) is 3. The van der Waals surface area contributed by atoms with Crippen molar-refractivity contribution in [1.82, 2.24) is 10.2 Å². The Morgan fingerprint density at radius 3 is 2.45 bits per heavy atom. The van der Waals surface area contributed by atoms with Crippen LogP contribution in [0.4, 0.5) is 0 Å². The number of esters is 1. The van der Waals surface area contributed by atoms with Gasteiger partial charge in [0.25, 0.3) is 0 Å². The molecule has 0 aromatic rings. The van der Waals surface area contributed by atoms with Gasteiger partial charge >= 0.3 is 5.97 Å². The number of nitrogens with one attached hydrogen (secondary N) is 1. The van der Waals surface area contributed by atoms with E-state index in [0.29, 0.717) is 38.3 Å². The van der Waals surface area contributed by atoms with E-state index >= 15 is 0 Å². The van der Waals surface area contributed by atoms with Gasteiger partial charge in [0, 0.05) is 18.5 Å². The summed E-state index contributed by atoms with van der Waals surface area (Å²) in [6.07, 6.45) is 1.99. The lowest BCUT2D eigenvalue weighted by atomic mass is 9.89. The normalized spacial score (nSPS) is 40.5. The quantitative estimate of drug-likeness (QED) is 0.341. The lowest BCUT2D eigenvalue weighted by molar-refractivity contribution is -0.240. The molecule has 0 saturated carbocycles. The first-order valence-electron chi connectivity index (χ1n) is 13.8. The molecule has 3 N–H and O–H groups in total. The summed E-state index contributed by atoms with van der Waals surface area (Å²) in [5, 5.41) is 24.3. The fourth-order valence-electron chi connectivity index (χ4n) is 5.08. The average molecular weight is 543 g/mol. The highest BCUT2D eigenvalue weighted by Crippen LogP contribution is 2.29. The molecule has 2 rings (SSSR count). The first-order chi connectivity index (χ1) is 17.7. The van der Waals surface area contributed by atoms with Gasteiger partial charge in [-0.2, -0.15) is 0 Å². The molecule has 220 valence electrons. The summed E-state index contributed by atoms with van der Waals surface area (Å²) in [4.78, 5) is 27.9. The molecule has 1 amide bonds. The van der Waals surface area contributed by atoms with Crippen molar-refractivity contribution in [3.8, 4) is 0 Å². The van der Waals surface area contributed by atoms with Gasteiger partial charge in [-0.05, 0) is 60.5 Å². The van der Waals surface area contributed by atoms with E-state index < -0.39 is 60.5 Å². The zero-order valence-electron chi connectivity index (χ0n) is 24.2. The van der Waals surface area contributed by atoms with Crippen molar-refractivity contribution < 1.29 is 38.7 Å². The molecule has 10 atom stereocenters. The van der Waals surface area contributed by atoms with Crippen molar-refractivity contribution in [3.63, 3.8) is 0 Å². The first-order valence-corrected chi connectivity index (χ1v) is 13.8. The van der Waals surface area contributed by atoms with E-state index in [2.05, 4.69) is 16.8 Å². The lowest BCUT2D eigenvalue weighted by Gasteiger charge is -2.40. The van der Waals surface area contributed by atoms with Crippen LogP contribution in [0.3, 0.4) is 0 Å². The molecular formula is C28H50N2O8. The van der Waals surface area contributed by atoms with Crippen molar-refractivity contribution in [3.05, 3.63) is 12.7 Å². The lowest BCUT2D eigenvalue weighted by Crippen LogP contribution is -2.52. The molecule has 10 heteroatoms. The van der Waals surface area contributed by atoms with E-state index in [1.54, 1.807) is 13.0 Å². The van der Waals surface area contributed by atoms with Crippen molar-refractivity contribution in [2.75, 3.05) is 27.3 Å². The third-order valence-corrected chi connectivity index (χ3v) is 7.64. The minimum atomic E-state index is -1.78. The van der Waals surface area contributed by atoms with Crippen molar-refractivity contribution in [2.45, 2.75) is 115 Å². The maximum atomic E-state index is 12.9. The predicted molar refractivity (Wildman–Crippen MR) is 143 cm³/mol. The fourth-order valence-corrected chi connectivity index (χ4v) is 5.08. The number of ether oxygens (including phenoxy) is 4. The van der Waals surface area contributed by atoms with Crippen LogP contribution in [0.15, 0.2) is 12.7 Å². The van der Waals surface area contributed by atoms with Crippen LogP contribution in [-0.4, -0.2) is 103 Å². The number of rotatable bonds is 6. The second-order valence-corrected chi connectivity index (χ2v) is 11.6. The molecule has 0 spiro atoms. The Bertz CT molecular complexity index is 776. The largest absolute Gasteiger partial charge is 0.462 e. The van der Waals surface area contributed by atoms with Crippen LogP contribution in [0.5, 0.6) is 0 Å². The summed E-state index contributed by atoms with van der Waals surface area (Å²) < 4.78 is 24.2. The number of cyclic esters (lactones) is 1. The van der Waals surface area contributed by atoms with E-state index in [1.165, 1.54) is 13.8 Å². The van der Waals surface area contributed by atoms with Crippen molar-refractivity contribution in [2.24, 2.45) is 11.8 Å². The van der Waals surface area contributed by atoms with Crippen molar-refractivity contribution in [1.29, 1.82) is 0 Å². The summed E-state index contributed by atoms with van der Waals surface area (Å²) >= 11 is 0. The average Bonchev–Trinajstić information content (AvgIpc) is 2.85. The summed E-state index contributed by atoms with van der Waals surface area (Å²) in [5.74, 6) is -2.32. The van der Waals surface area contributed by atoms with E-state index in [-0.39, 0.29) is 12.1 Å². The maximum Gasteiger partial charge on any atom is 0.308 e. The molecule has 0 aromatic heterocycles. The molecule has 10 nitrogen and oxygen atoms in total. The third kappa shape index (κ3) is 9.57. The molecule has 0 aromatic carbocycles. The third-order valence-electron chi connectivity index (χ3n) is 7.64. The monoisotopic (exact) mass is 542 g/mol. The number of carbonyl (C=O) groups excluding carboxylic acids is 2. The number of carbonyl (C=O) groups is 2. The van der Waals surface area contributed by atoms with Gasteiger partial charge in [-0.15, -0.1) is 6.58 Å². The Hall–Kier alpha value is -1.56. The molecule has 2 fully saturated rings. The molecule has 0 bridgehead atoms. The topological polar surface area (TPSA) is 127 Å². The Kier molecular flexibility index (Phi) is 12.6. The van der Waals surface area contributed by atoms with Gasteiger partial charge in [-0.1, -0.05) is 19.9 Å². The number of nitrogens with zero attached hydrogens (tertiary/aromatic N) is 1. The van der Waals surface area contributed by atoms with Crippen LogP contribution in [-0.2, 0) is 28.5 Å². The first kappa shape index (κ1) is 32.7. The van der Waals surface area contributed by atoms with Gasteiger partial charge < -0.3 is 39.4 Å². The van der Waals surface area contributed by atoms with Gasteiger partial charge in [0.1, 0.15) is 12.2 Å². The van der Waals surface area contributed by atoms with Crippen LogP contribution >= 0.6 is 0 Å². The summed E-state index contributed by atoms with van der Waals surface area (Å²) in [6, 6.07) is -0.00413.